The van der Waals surface area contributed by atoms with Gasteiger partial charge in [-0.15, -0.1) is 0 Å². The molecule has 0 amide bonds. The summed E-state index contributed by atoms with van der Waals surface area (Å²) < 4.78 is 6.36. The van der Waals surface area contributed by atoms with Crippen molar-refractivity contribution in [3.8, 4) is 0 Å². The molecule has 20 heavy (non-hydrogen) atoms. The number of benzene rings is 1. The van der Waals surface area contributed by atoms with Crippen molar-refractivity contribution in [1.82, 2.24) is 0 Å². The normalized spacial score (nSPS) is 26.2. The maximum atomic E-state index is 6.36. The fourth-order valence-electron chi connectivity index (χ4n) is 4.01. The van der Waals surface area contributed by atoms with Crippen molar-refractivity contribution in [3.05, 3.63) is 35.4 Å². The van der Waals surface area contributed by atoms with Gasteiger partial charge in [0, 0.05) is 6.04 Å². The number of hydrogen-bond donors (Lipinski definition) is 1. The highest BCUT2D eigenvalue weighted by Crippen LogP contribution is 2.44. The second-order valence-electron chi connectivity index (χ2n) is 6.86. The van der Waals surface area contributed by atoms with Gasteiger partial charge in [-0.05, 0) is 51.0 Å². The maximum Gasteiger partial charge on any atom is 0.0687 e. The van der Waals surface area contributed by atoms with Crippen LogP contribution in [0.4, 0.5) is 0 Å². The summed E-state index contributed by atoms with van der Waals surface area (Å²) in [5, 5.41) is 0. The summed E-state index contributed by atoms with van der Waals surface area (Å²) in [5.41, 5.74) is 9.26. The molecule has 3 rings (SSSR count). The number of ether oxygens (including phenoxy) is 1. The van der Waals surface area contributed by atoms with E-state index in [0.717, 1.165) is 12.8 Å². The summed E-state index contributed by atoms with van der Waals surface area (Å²) in [4.78, 5) is 0. The SMILES string of the molecule is Cc1cccc(CC(N)CC2CCC3(CCCC3)O2)c1. The minimum atomic E-state index is 0.221. The van der Waals surface area contributed by atoms with Gasteiger partial charge < -0.3 is 10.5 Å². The molecule has 1 saturated heterocycles. The first kappa shape index (κ1) is 14.1. The van der Waals surface area contributed by atoms with Gasteiger partial charge in [0.25, 0.3) is 0 Å². The third-order valence-corrected chi connectivity index (χ3v) is 5.00. The molecule has 1 heterocycles. The molecule has 2 nitrogen and oxygen atoms in total. The van der Waals surface area contributed by atoms with Gasteiger partial charge >= 0.3 is 0 Å². The Morgan fingerprint density at radius 1 is 1.30 bits per heavy atom. The van der Waals surface area contributed by atoms with Crippen molar-refractivity contribution < 1.29 is 4.74 Å². The average Bonchev–Trinajstić information content (AvgIpc) is 3.00. The van der Waals surface area contributed by atoms with E-state index in [1.165, 1.54) is 49.7 Å². The quantitative estimate of drug-likeness (QED) is 0.907. The lowest BCUT2D eigenvalue weighted by Gasteiger charge is -2.25. The lowest BCUT2D eigenvalue weighted by atomic mass is 9.96. The largest absolute Gasteiger partial charge is 0.372 e. The second kappa shape index (κ2) is 5.87. The molecule has 2 atom stereocenters. The van der Waals surface area contributed by atoms with E-state index in [9.17, 15) is 0 Å². The number of rotatable bonds is 4. The Hall–Kier alpha value is -0.860. The molecule has 1 aromatic carbocycles. The molecule has 1 aliphatic carbocycles. The van der Waals surface area contributed by atoms with Crippen LogP contribution in [0.3, 0.4) is 0 Å². The second-order valence-corrected chi connectivity index (χ2v) is 6.86. The Morgan fingerprint density at radius 2 is 2.10 bits per heavy atom. The van der Waals surface area contributed by atoms with Gasteiger partial charge in [0.1, 0.15) is 0 Å². The van der Waals surface area contributed by atoms with Gasteiger partial charge in [-0.25, -0.2) is 0 Å². The summed E-state index contributed by atoms with van der Waals surface area (Å²) in [6, 6.07) is 8.91. The zero-order chi connectivity index (χ0) is 14.0. The molecule has 110 valence electrons. The highest BCUT2D eigenvalue weighted by molar-refractivity contribution is 5.22. The Kier molecular flexibility index (Phi) is 4.13. The van der Waals surface area contributed by atoms with Gasteiger partial charge in [0.15, 0.2) is 0 Å². The fraction of sp³-hybridized carbons (Fsp3) is 0.667. The number of aryl methyl sites for hydroxylation is 1. The lowest BCUT2D eigenvalue weighted by Crippen LogP contribution is -2.31. The molecule has 1 saturated carbocycles. The van der Waals surface area contributed by atoms with Crippen molar-refractivity contribution in [2.45, 2.75) is 76.0 Å². The van der Waals surface area contributed by atoms with Crippen molar-refractivity contribution >= 4 is 0 Å². The van der Waals surface area contributed by atoms with Gasteiger partial charge in [-0.3, -0.25) is 0 Å². The molecule has 1 aliphatic heterocycles. The van der Waals surface area contributed by atoms with E-state index in [1.807, 2.05) is 0 Å². The van der Waals surface area contributed by atoms with Crippen LogP contribution in [-0.4, -0.2) is 17.7 Å². The van der Waals surface area contributed by atoms with Crippen LogP contribution >= 0.6 is 0 Å². The van der Waals surface area contributed by atoms with E-state index in [1.54, 1.807) is 0 Å². The Morgan fingerprint density at radius 3 is 2.85 bits per heavy atom. The predicted octanol–water partition coefficient (Wildman–Crippen LogP) is 3.75. The van der Waals surface area contributed by atoms with E-state index < -0.39 is 0 Å². The number of hydrogen-bond acceptors (Lipinski definition) is 2. The van der Waals surface area contributed by atoms with Gasteiger partial charge in [0.2, 0.25) is 0 Å². The van der Waals surface area contributed by atoms with Crippen LogP contribution in [0.1, 0.15) is 56.1 Å². The van der Waals surface area contributed by atoms with E-state index in [2.05, 4.69) is 31.2 Å². The topological polar surface area (TPSA) is 35.2 Å². The number of nitrogens with two attached hydrogens (primary N) is 1. The Balaban J connectivity index is 1.51. The molecule has 0 bridgehead atoms. The standard InChI is InChI=1S/C18H27NO/c1-14-5-4-6-15(11-14)12-16(19)13-17-7-10-18(20-17)8-2-3-9-18/h4-6,11,16-17H,2-3,7-10,12-13,19H2,1H3. The summed E-state index contributed by atoms with van der Waals surface area (Å²) in [5.74, 6) is 0. The first-order valence-electron chi connectivity index (χ1n) is 8.14. The van der Waals surface area contributed by atoms with E-state index in [4.69, 9.17) is 10.5 Å². The monoisotopic (exact) mass is 273 g/mol. The van der Waals surface area contributed by atoms with E-state index in [-0.39, 0.29) is 11.6 Å². The highest BCUT2D eigenvalue weighted by atomic mass is 16.5. The summed E-state index contributed by atoms with van der Waals surface area (Å²) in [7, 11) is 0. The highest BCUT2D eigenvalue weighted by Gasteiger charge is 2.42. The molecule has 2 heteroatoms. The average molecular weight is 273 g/mol. The van der Waals surface area contributed by atoms with Crippen LogP contribution in [0.15, 0.2) is 24.3 Å². The van der Waals surface area contributed by atoms with Crippen molar-refractivity contribution in [3.63, 3.8) is 0 Å². The zero-order valence-corrected chi connectivity index (χ0v) is 12.6. The van der Waals surface area contributed by atoms with Crippen LogP contribution in [0.2, 0.25) is 0 Å². The van der Waals surface area contributed by atoms with Crippen LogP contribution in [-0.2, 0) is 11.2 Å². The smallest absolute Gasteiger partial charge is 0.0687 e. The molecule has 0 radical (unpaired) electrons. The van der Waals surface area contributed by atoms with Crippen molar-refractivity contribution in [2.24, 2.45) is 5.73 Å². The Labute approximate surface area is 122 Å². The van der Waals surface area contributed by atoms with E-state index >= 15 is 0 Å². The zero-order valence-electron chi connectivity index (χ0n) is 12.6. The lowest BCUT2D eigenvalue weighted by molar-refractivity contribution is -0.0407. The molecule has 2 aliphatic rings. The molecule has 0 aromatic heterocycles. The predicted molar refractivity (Wildman–Crippen MR) is 82.8 cm³/mol. The fourth-order valence-corrected chi connectivity index (χ4v) is 4.01. The van der Waals surface area contributed by atoms with Crippen molar-refractivity contribution in [1.29, 1.82) is 0 Å². The first-order chi connectivity index (χ1) is 9.65. The van der Waals surface area contributed by atoms with E-state index in [0.29, 0.717) is 6.10 Å². The molecule has 2 unspecified atom stereocenters. The maximum absolute atomic E-state index is 6.36. The minimum absolute atomic E-state index is 0.221. The van der Waals surface area contributed by atoms with Crippen LogP contribution in [0.25, 0.3) is 0 Å². The molecule has 2 fully saturated rings. The molecule has 1 aromatic rings. The summed E-state index contributed by atoms with van der Waals surface area (Å²) in [6.07, 6.45) is 10.1. The first-order valence-corrected chi connectivity index (χ1v) is 8.14. The molecular formula is C18H27NO. The van der Waals surface area contributed by atoms with Crippen LogP contribution in [0.5, 0.6) is 0 Å². The molecule has 2 N–H and O–H groups in total. The third kappa shape index (κ3) is 3.24. The van der Waals surface area contributed by atoms with Gasteiger partial charge in [-0.1, -0.05) is 42.7 Å². The minimum Gasteiger partial charge on any atom is -0.372 e. The van der Waals surface area contributed by atoms with Crippen LogP contribution < -0.4 is 5.73 Å². The summed E-state index contributed by atoms with van der Waals surface area (Å²) in [6.45, 7) is 2.14. The van der Waals surface area contributed by atoms with Crippen molar-refractivity contribution in [2.75, 3.05) is 0 Å². The van der Waals surface area contributed by atoms with Gasteiger partial charge in [-0.2, -0.15) is 0 Å². The molecule has 1 spiro atoms. The van der Waals surface area contributed by atoms with Crippen LogP contribution in [0, 0.1) is 6.92 Å². The summed E-state index contributed by atoms with van der Waals surface area (Å²) >= 11 is 0. The third-order valence-electron chi connectivity index (χ3n) is 5.00. The Bertz CT molecular complexity index is 450. The molecular weight excluding hydrogens is 246 g/mol. The van der Waals surface area contributed by atoms with Gasteiger partial charge in [0.05, 0.1) is 11.7 Å².